The van der Waals surface area contributed by atoms with Gasteiger partial charge in [0.05, 0.1) is 5.69 Å². The molecule has 2 heterocycles. The zero-order valence-electron chi connectivity index (χ0n) is 10.6. The quantitative estimate of drug-likeness (QED) is 0.860. The van der Waals surface area contributed by atoms with E-state index in [-0.39, 0.29) is 0 Å². The van der Waals surface area contributed by atoms with Gasteiger partial charge in [-0.25, -0.2) is 4.98 Å². The monoisotopic (exact) mass is 326 g/mol. The molecule has 2 aromatic heterocycles. The summed E-state index contributed by atoms with van der Waals surface area (Å²) in [4.78, 5) is 6.57. The van der Waals surface area contributed by atoms with Crippen LogP contribution in [0.4, 0.5) is 5.82 Å². The molecule has 0 aliphatic heterocycles. The van der Waals surface area contributed by atoms with E-state index in [1.165, 1.54) is 0 Å². The van der Waals surface area contributed by atoms with Crippen molar-refractivity contribution >= 4 is 44.7 Å². The van der Waals surface area contributed by atoms with Crippen LogP contribution in [0.3, 0.4) is 0 Å². The van der Waals surface area contributed by atoms with E-state index < -0.39 is 0 Å². The molecular weight excluding hydrogens is 312 g/mol. The SMILES string of the molecule is CCc1nc2ccc(Br)cn2c1N(C)C(=S)NC. The Morgan fingerprint density at radius 2 is 2.28 bits per heavy atom. The maximum atomic E-state index is 5.29. The van der Waals surface area contributed by atoms with Gasteiger partial charge in [-0.15, -0.1) is 0 Å². The van der Waals surface area contributed by atoms with Crippen LogP contribution in [-0.4, -0.2) is 28.6 Å². The molecule has 0 fully saturated rings. The lowest BCUT2D eigenvalue weighted by molar-refractivity contribution is 1.01. The molecular formula is C12H15BrN4S. The molecule has 2 aromatic rings. The first-order valence-corrected chi connectivity index (χ1v) is 6.90. The summed E-state index contributed by atoms with van der Waals surface area (Å²) in [6.45, 7) is 2.09. The van der Waals surface area contributed by atoms with Crippen LogP contribution < -0.4 is 10.2 Å². The minimum Gasteiger partial charge on any atom is -0.365 e. The topological polar surface area (TPSA) is 32.6 Å². The zero-order chi connectivity index (χ0) is 13.3. The Hall–Kier alpha value is -1.14. The highest BCUT2D eigenvalue weighted by Crippen LogP contribution is 2.24. The van der Waals surface area contributed by atoms with Gasteiger partial charge in [-0.3, -0.25) is 4.40 Å². The summed E-state index contributed by atoms with van der Waals surface area (Å²) in [5, 5.41) is 3.66. The van der Waals surface area contributed by atoms with Crippen molar-refractivity contribution in [1.29, 1.82) is 0 Å². The molecule has 2 rings (SSSR count). The number of aromatic nitrogens is 2. The molecule has 0 radical (unpaired) electrons. The summed E-state index contributed by atoms with van der Waals surface area (Å²) in [7, 11) is 3.77. The van der Waals surface area contributed by atoms with E-state index in [0.717, 1.165) is 28.1 Å². The predicted molar refractivity (Wildman–Crippen MR) is 82.3 cm³/mol. The van der Waals surface area contributed by atoms with E-state index >= 15 is 0 Å². The van der Waals surface area contributed by atoms with Gasteiger partial charge in [-0.1, -0.05) is 6.92 Å². The molecule has 0 saturated carbocycles. The zero-order valence-corrected chi connectivity index (χ0v) is 13.0. The van der Waals surface area contributed by atoms with Crippen molar-refractivity contribution in [3.05, 3.63) is 28.5 Å². The van der Waals surface area contributed by atoms with Gasteiger partial charge in [-0.2, -0.15) is 0 Å². The number of aryl methyl sites for hydroxylation is 1. The number of anilines is 1. The summed E-state index contributed by atoms with van der Waals surface area (Å²) in [6.07, 6.45) is 2.87. The van der Waals surface area contributed by atoms with Crippen LogP contribution in [0.25, 0.3) is 5.65 Å². The predicted octanol–water partition coefficient (Wildman–Crippen LogP) is 2.60. The Bertz CT molecular complexity index is 593. The highest BCUT2D eigenvalue weighted by atomic mass is 79.9. The van der Waals surface area contributed by atoms with Crippen LogP contribution in [0.5, 0.6) is 0 Å². The third-order valence-corrected chi connectivity index (χ3v) is 3.74. The van der Waals surface area contributed by atoms with Crippen molar-refractivity contribution in [2.45, 2.75) is 13.3 Å². The molecule has 0 amide bonds. The second-order valence-electron chi connectivity index (χ2n) is 3.93. The lowest BCUT2D eigenvalue weighted by atomic mass is 10.3. The molecule has 0 unspecified atom stereocenters. The van der Waals surface area contributed by atoms with Gasteiger partial charge < -0.3 is 10.2 Å². The molecule has 0 bridgehead atoms. The Morgan fingerprint density at radius 3 is 2.89 bits per heavy atom. The fourth-order valence-corrected chi connectivity index (χ4v) is 2.33. The molecule has 0 atom stereocenters. The van der Waals surface area contributed by atoms with Crippen molar-refractivity contribution in [2.24, 2.45) is 0 Å². The Labute approximate surface area is 120 Å². The number of fused-ring (bicyclic) bond motifs is 1. The van der Waals surface area contributed by atoms with Gasteiger partial charge in [0.1, 0.15) is 11.5 Å². The van der Waals surface area contributed by atoms with Crippen LogP contribution in [0.1, 0.15) is 12.6 Å². The minimum atomic E-state index is 0.673. The molecule has 0 spiro atoms. The van der Waals surface area contributed by atoms with Gasteiger partial charge in [0, 0.05) is 24.8 Å². The summed E-state index contributed by atoms with van der Waals surface area (Å²) in [5.74, 6) is 1.01. The Balaban J connectivity index is 2.65. The second-order valence-corrected chi connectivity index (χ2v) is 5.23. The van der Waals surface area contributed by atoms with E-state index in [9.17, 15) is 0 Å². The number of halogens is 1. The largest absolute Gasteiger partial charge is 0.365 e. The molecule has 4 nitrogen and oxygen atoms in total. The third-order valence-electron chi connectivity index (χ3n) is 2.80. The number of nitrogens with one attached hydrogen (secondary N) is 1. The smallest absolute Gasteiger partial charge is 0.174 e. The van der Waals surface area contributed by atoms with Crippen LogP contribution in [0, 0.1) is 0 Å². The summed E-state index contributed by atoms with van der Waals surface area (Å²) < 4.78 is 3.06. The van der Waals surface area contributed by atoms with Gasteiger partial charge in [0.15, 0.2) is 5.11 Å². The summed E-state index contributed by atoms with van der Waals surface area (Å²) >= 11 is 8.78. The molecule has 0 aromatic carbocycles. The minimum absolute atomic E-state index is 0.673. The summed E-state index contributed by atoms with van der Waals surface area (Å²) in [6, 6.07) is 3.98. The van der Waals surface area contributed by atoms with Crippen molar-refractivity contribution in [3.8, 4) is 0 Å². The number of pyridine rings is 1. The second kappa shape index (κ2) is 5.24. The van der Waals surface area contributed by atoms with E-state index in [0.29, 0.717) is 5.11 Å². The standard InChI is InChI=1S/C12H15BrN4S/c1-4-9-11(16(3)12(18)14-2)17-7-8(13)5-6-10(17)15-9/h5-7H,4H2,1-3H3,(H,14,18). The Morgan fingerprint density at radius 1 is 1.56 bits per heavy atom. The van der Waals surface area contributed by atoms with Crippen LogP contribution in [0.15, 0.2) is 22.8 Å². The fraction of sp³-hybridized carbons (Fsp3) is 0.333. The Kier molecular flexibility index (Phi) is 3.87. The number of rotatable bonds is 2. The number of nitrogens with zero attached hydrogens (tertiary/aromatic N) is 3. The van der Waals surface area contributed by atoms with Crippen LogP contribution in [-0.2, 0) is 6.42 Å². The van der Waals surface area contributed by atoms with Crippen molar-refractivity contribution in [2.75, 3.05) is 19.0 Å². The molecule has 0 aliphatic rings. The first-order chi connectivity index (χ1) is 8.58. The first-order valence-electron chi connectivity index (χ1n) is 5.70. The summed E-state index contributed by atoms with van der Waals surface area (Å²) in [5.41, 5.74) is 1.96. The van der Waals surface area contributed by atoms with E-state index in [4.69, 9.17) is 12.2 Å². The van der Waals surface area contributed by atoms with Crippen molar-refractivity contribution in [1.82, 2.24) is 14.7 Å². The lowest BCUT2D eigenvalue weighted by Crippen LogP contribution is -2.35. The normalized spacial score (nSPS) is 10.7. The van der Waals surface area contributed by atoms with Crippen LogP contribution in [0.2, 0.25) is 0 Å². The van der Waals surface area contributed by atoms with Gasteiger partial charge >= 0.3 is 0 Å². The van der Waals surface area contributed by atoms with E-state index in [1.807, 2.05) is 41.7 Å². The van der Waals surface area contributed by atoms with Crippen LogP contribution >= 0.6 is 28.1 Å². The average Bonchev–Trinajstić information content (AvgIpc) is 2.74. The van der Waals surface area contributed by atoms with Gasteiger partial charge in [0.2, 0.25) is 0 Å². The fourth-order valence-electron chi connectivity index (χ4n) is 1.91. The van der Waals surface area contributed by atoms with Crippen molar-refractivity contribution < 1.29 is 0 Å². The molecule has 0 aliphatic carbocycles. The average molecular weight is 327 g/mol. The number of imidazole rings is 1. The highest BCUT2D eigenvalue weighted by Gasteiger charge is 2.17. The first kappa shape index (κ1) is 13.3. The van der Waals surface area contributed by atoms with Gasteiger partial charge in [-0.05, 0) is 46.7 Å². The maximum Gasteiger partial charge on any atom is 0.174 e. The van der Waals surface area contributed by atoms with E-state index in [1.54, 1.807) is 0 Å². The van der Waals surface area contributed by atoms with E-state index in [2.05, 4.69) is 33.2 Å². The molecule has 18 heavy (non-hydrogen) atoms. The van der Waals surface area contributed by atoms with Crippen molar-refractivity contribution in [3.63, 3.8) is 0 Å². The highest BCUT2D eigenvalue weighted by molar-refractivity contribution is 9.10. The molecule has 6 heteroatoms. The van der Waals surface area contributed by atoms with Gasteiger partial charge in [0.25, 0.3) is 0 Å². The number of hydrogen-bond donors (Lipinski definition) is 1. The molecule has 96 valence electrons. The number of hydrogen-bond acceptors (Lipinski definition) is 2. The molecule has 0 saturated heterocycles. The lowest BCUT2D eigenvalue weighted by Gasteiger charge is -2.20. The number of thiocarbonyl (C=S) groups is 1. The molecule has 1 N–H and O–H groups in total. The third kappa shape index (κ3) is 2.22. The maximum absolute atomic E-state index is 5.29.